The molecule has 204 valence electrons. The van der Waals surface area contributed by atoms with E-state index in [2.05, 4.69) is 23.6 Å². The lowest BCUT2D eigenvalue weighted by Crippen LogP contribution is -2.36. The molecule has 0 fully saturated rings. The summed E-state index contributed by atoms with van der Waals surface area (Å²) in [5.74, 6) is -1.28. The smallest absolute Gasteiger partial charge is 0.251 e. The summed E-state index contributed by atoms with van der Waals surface area (Å²) in [4.78, 5) is 57.4. The van der Waals surface area contributed by atoms with Crippen molar-refractivity contribution in [1.82, 2.24) is 10.6 Å². The molecule has 0 radical (unpaired) electrons. The molecule has 0 aromatic carbocycles. The number of amides is 1. The summed E-state index contributed by atoms with van der Waals surface area (Å²) in [5, 5.41) is 16.3. The van der Waals surface area contributed by atoms with E-state index in [1.54, 1.807) is 19.1 Å². The molecule has 0 saturated carbocycles. The maximum Gasteiger partial charge on any atom is 0.251 e. The summed E-state index contributed by atoms with van der Waals surface area (Å²) in [6, 6.07) is 0. The number of carbonyl (C=O) groups is 3. The van der Waals surface area contributed by atoms with Crippen molar-refractivity contribution in [2.45, 2.75) is 72.3 Å². The maximum absolute atomic E-state index is 13.4. The fourth-order valence-electron chi connectivity index (χ4n) is 4.34. The molecule has 9 heteroatoms. The summed E-state index contributed by atoms with van der Waals surface area (Å²) in [6.45, 7) is 7.97. The number of Topliss-reactive ketones (excluding diaryl/α,β-unsaturated/α-hetero) is 1. The van der Waals surface area contributed by atoms with Crippen LogP contribution in [0.2, 0.25) is 0 Å². The van der Waals surface area contributed by atoms with E-state index in [0.717, 1.165) is 18.9 Å². The molecular weight excluding hydrogens is 491 g/mol. The first-order valence-corrected chi connectivity index (χ1v) is 14.4. The van der Waals surface area contributed by atoms with Crippen molar-refractivity contribution in [2.75, 3.05) is 12.7 Å². The molecule has 0 aromatic rings. The number of aliphatic hydroxyl groups is 1. The Labute approximate surface area is 221 Å². The Bertz CT molecular complexity index is 1010. The minimum atomic E-state index is -2.03. The van der Waals surface area contributed by atoms with Crippen LogP contribution >= 0.6 is 8.38 Å². The minimum absolute atomic E-state index is 0.00108. The van der Waals surface area contributed by atoms with Crippen LogP contribution in [0, 0.1) is 11.8 Å². The molecule has 1 amide bonds. The van der Waals surface area contributed by atoms with Crippen LogP contribution in [-0.4, -0.2) is 51.2 Å². The molecule has 2 rings (SSSR count). The van der Waals surface area contributed by atoms with E-state index in [1.165, 1.54) is 5.57 Å². The van der Waals surface area contributed by atoms with Crippen molar-refractivity contribution in [3.8, 4) is 0 Å². The predicted octanol–water partition coefficient (Wildman–Crippen LogP) is 3.71. The van der Waals surface area contributed by atoms with Crippen LogP contribution in [-0.2, 0) is 14.4 Å². The van der Waals surface area contributed by atoms with Crippen LogP contribution in [0.4, 0.5) is 0 Å². The van der Waals surface area contributed by atoms with Gasteiger partial charge in [0.05, 0.1) is 17.5 Å². The Morgan fingerprint density at radius 1 is 1.14 bits per heavy atom. The summed E-state index contributed by atoms with van der Waals surface area (Å²) < 4.78 is 0. The summed E-state index contributed by atoms with van der Waals surface area (Å²) in [6.07, 6.45) is 12.0. The first kappa shape index (κ1) is 30.8. The van der Waals surface area contributed by atoms with Crippen LogP contribution in [0.1, 0.15) is 66.2 Å². The third-order valence-electron chi connectivity index (χ3n) is 6.64. The normalized spacial score (nSPS) is 28.7. The van der Waals surface area contributed by atoms with Crippen LogP contribution in [0.5, 0.6) is 0 Å². The Morgan fingerprint density at radius 2 is 1.86 bits per heavy atom. The van der Waals surface area contributed by atoms with Gasteiger partial charge in [0, 0.05) is 35.8 Å². The average Bonchev–Trinajstić information content (AvgIpc) is 2.83. The number of hydrogen-bond acceptors (Lipinski definition) is 7. The van der Waals surface area contributed by atoms with Gasteiger partial charge in [-0.15, -0.1) is 0 Å². The molecule has 5 N–H and O–H groups in total. The molecule has 3 atom stereocenters. The van der Waals surface area contributed by atoms with Crippen molar-refractivity contribution in [1.29, 1.82) is 0 Å². The second-order valence-corrected chi connectivity index (χ2v) is 11.3. The van der Waals surface area contributed by atoms with Crippen molar-refractivity contribution in [3.05, 3.63) is 58.5 Å². The highest BCUT2D eigenvalue weighted by molar-refractivity contribution is 7.45. The first-order valence-electron chi connectivity index (χ1n) is 12.9. The zero-order chi connectivity index (χ0) is 27.5. The van der Waals surface area contributed by atoms with Crippen LogP contribution in [0.3, 0.4) is 0 Å². The summed E-state index contributed by atoms with van der Waals surface area (Å²) >= 11 is 0. The molecule has 0 spiro atoms. The Balaban J connectivity index is 2.35. The number of fused-ring (bicyclic) bond motifs is 2. The van der Waals surface area contributed by atoms with Crippen LogP contribution < -0.4 is 10.6 Å². The van der Waals surface area contributed by atoms with Gasteiger partial charge in [0.15, 0.2) is 8.38 Å². The van der Waals surface area contributed by atoms with Gasteiger partial charge in [0.1, 0.15) is 0 Å². The van der Waals surface area contributed by atoms with Crippen molar-refractivity contribution < 1.29 is 29.3 Å². The van der Waals surface area contributed by atoms with E-state index in [4.69, 9.17) is 9.79 Å². The largest absolute Gasteiger partial charge is 0.393 e. The number of nitrogens with one attached hydrogen (secondary N) is 2. The van der Waals surface area contributed by atoms with Crippen LogP contribution in [0.15, 0.2) is 58.5 Å². The molecule has 2 unspecified atom stereocenters. The zero-order valence-electron chi connectivity index (χ0n) is 22.3. The van der Waals surface area contributed by atoms with Gasteiger partial charge in [0.25, 0.3) is 5.91 Å². The third-order valence-corrected chi connectivity index (χ3v) is 7.35. The number of hydrogen-bond donors (Lipinski definition) is 5. The van der Waals surface area contributed by atoms with Gasteiger partial charge in [-0.25, -0.2) is 0 Å². The molecule has 1 heterocycles. The van der Waals surface area contributed by atoms with Crippen LogP contribution in [0.25, 0.3) is 0 Å². The second-order valence-electron chi connectivity index (χ2n) is 10.1. The topological polar surface area (TPSA) is 136 Å². The molecule has 2 aliphatic rings. The summed E-state index contributed by atoms with van der Waals surface area (Å²) in [5.41, 5.74) is 2.03. The molecule has 2 bridgehead atoms. The highest BCUT2D eigenvalue weighted by Gasteiger charge is 2.30. The SMILES string of the molecule is C/C1=C\C(C)[C@@H](O)CCC(C)CC2=C(NCCCP(O)O)C(=O)C=C(NC(=O)/C(C)=C/C=C\CC1)C2=O. The molecule has 37 heavy (non-hydrogen) atoms. The van der Waals surface area contributed by atoms with Gasteiger partial charge in [-0.2, -0.15) is 0 Å². The van der Waals surface area contributed by atoms with Gasteiger partial charge < -0.3 is 25.5 Å². The standard InChI is InChI=1S/C28H41N2O6P/c1-18-9-6-5-7-10-20(3)28(34)30-23-17-25(32)26(29-13-8-14-37(35)36)22(27(23)33)16-19(2)11-12-24(31)21(4)15-18/h5,7,10,15,17,19,21,24,29,31,35-36H,6,8-9,11-14,16H2,1-4H3,(H,30,34)/b7-5-,18-15+,20-10+/t19?,21?,24-/m0/s1. The minimum Gasteiger partial charge on any atom is -0.393 e. The first-order chi connectivity index (χ1) is 17.5. The van der Waals surface area contributed by atoms with Gasteiger partial charge >= 0.3 is 0 Å². The van der Waals surface area contributed by atoms with E-state index < -0.39 is 32.0 Å². The number of carbonyl (C=O) groups excluding carboxylic acids is 3. The highest BCUT2D eigenvalue weighted by atomic mass is 31.2. The van der Waals surface area contributed by atoms with E-state index in [1.807, 2.05) is 19.9 Å². The predicted molar refractivity (Wildman–Crippen MR) is 146 cm³/mol. The number of aliphatic hydroxyl groups excluding tert-OH is 1. The number of allylic oxidation sites excluding steroid dienone is 6. The van der Waals surface area contributed by atoms with E-state index in [-0.39, 0.29) is 29.4 Å². The number of ketones is 2. The lowest BCUT2D eigenvalue weighted by molar-refractivity contribution is -0.120. The highest BCUT2D eigenvalue weighted by Crippen LogP contribution is 2.28. The van der Waals surface area contributed by atoms with E-state index >= 15 is 0 Å². The number of rotatable bonds is 5. The second kappa shape index (κ2) is 15.1. The van der Waals surface area contributed by atoms with Crippen molar-refractivity contribution in [2.24, 2.45) is 11.8 Å². The Morgan fingerprint density at radius 3 is 2.57 bits per heavy atom. The van der Waals surface area contributed by atoms with E-state index in [9.17, 15) is 19.5 Å². The van der Waals surface area contributed by atoms with Crippen molar-refractivity contribution in [3.63, 3.8) is 0 Å². The molecule has 0 saturated heterocycles. The van der Waals surface area contributed by atoms with Gasteiger partial charge in [-0.05, 0) is 58.3 Å². The monoisotopic (exact) mass is 532 g/mol. The van der Waals surface area contributed by atoms with Gasteiger partial charge in [0.2, 0.25) is 11.6 Å². The molecule has 8 nitrogen and oxygen atoms in total. The molecular formula is C28H41N2O6P. The molecule has 0 aromatic heterocycles. The molecule has 1 aliphatic heterocycles. The fourth-order valence-corrected chi connectivity index (χ4v) is 4.78. The lowest BCUT2D eigenvalue weighted by Gasteiger charge is -2.24. The maximum atomic E-state index is 13.4. The van der Waals surface area contributed by atoms with Gasteiger partial charge in [-0.1, -0.05) is 43.7 Å². The third kappa shape index (κ3) is 10.1. The fraction of sp³-hybridized carbons (Fsp3) is 0.536. The Hall–Kier alpha value is -2.38. The quantitative estimate of drug-likeness (QED) is 0.158. The molecule has 1 aliphatic carbocycles. The van der Waals surface area contributed by atoms with Crippen molar-refractivity contribution >= 4 is 25.8 Å². The van der Waals surface area contributed by atoms with Gasteiger partial charge in [-0.3, -0.25) is 14.4 Å². The zero-order valence-corrected chi connectivity index (χ0v) is 23.2. The van der Waals surface area contributed by atoms with E-state index in [0.29, 0.717) is 43.4 Å². The Kier molecular flexibility index (Phi) is 12.6. The average molecular weight is 533 g/mol. The lowest BCUT2D eigenvalue weighted by atomic mass is 9.86. The summed E-state index contributed by atoms with van der Waals surface area (Å²) in [7, 11) is -2.03.